The van der Waals surface area contributed by atoms with Gasteiger partial charge >= 0.3 is 12.1 Å². The predicted molar refractivity (Wildman–Crippen MR) is 106 cm³/mol. The van der Waals surface area contributed by atoms with Crippen molar-refractivity contribution in [3.63, 3.8) is 0 Å². The van der Waals surface area contributed by atoms with E-state index < -0.39 is 35.7 Å². The number of benzene rings is 1. The lowest BCUT2D eigenvalue weighted by atomic mass is 9.89. The van der Waals surface area contributed by atoms with E-state index in [1.807, 2.05) is 0 Å². The minimum Gasteiger partial charge on any atom is -0.481 e. The van der Waals surface area contributed by atoms with Gasteiger partial charge in [0.2, 0.25) is 11.8 Å². The monoisotopic (exact) mass is 438 g/mol. The molecule has 3 atom stereocenters. The first-order chi connectivity index (χ1) is 14.6. The maximum atomic E-state index is 13.5. The zero-order chi connectivity index (χ0) is 22.8. The number of nitrogens with zero attached hydrogens (tertiary/aromatic N) is 2. The number of carboxylic acids is 1. The Hall–Kier alpha value is -2.84. The van der Waals surface area contributed by atoms with Gasteiger partial charge in [0, 0.05) is 25.6 Å². The Morgan fingerprint density at radius 2 is 1.87 bits per heavy atom. The number of hydrogen-bond acceptors (Lipinski definition) is 3. The molecule has 1 aromatic rings. The molecule has 2 amide bonds. The summed E-state index contributed by atoms with van der Waals surface area (Å²) in [5.74, 6) is -2.37. The van der Waals surface area contributed by atoms with E-state index in [9.17, 15) is 32.7 Å². The molecule has 2 aliphatic rings. The molecule has 1 N–H and O–H groups in total. The fourth-order valence-electron chi connectivity index (χ4n) is 4.27. The molecule has 0 spiro atoms. The quantitative estimate of drug-likeness (QED) is 0.766. The molecule has 31 heavy (non-hydrogen) atoms. The second kappa shape index (κ2) is 9.11. The van der Waals surface area contributed by atoms with Crippen molar-refractivity contribution in [3.8, 4) is 0 Å². The van der Waals surface area contributed by atoms with E-state index in [0.29, 0.717) is 37.9 Å². The van der Waals surface area contributed by atoms with Crippen molar-refractivity contribution in [2.45, 2.75) is 50.9 Å². The smallest absolute Gasteiger partial charge is 0.416 e. The minimum atomic E-state index is -4.46. The number of piperidine rings is 1. The van der Waals surface area contributed by atoms with Gasteiger partial charge in [-0.3, -0.25) is 14.4 Å². The SMILES string of the molecule is C[C@@H]1[C@H](C(=O)O)CCCN1C(=O)[C@H](Cc1ccc(C(F)(F)F)cc1)N1CCC=CC1=O. The summed E-state index contributed by atoms with van der Waals surface area (Å²) < 4.78 is 38.6. The van der Waals surface area contributed by atoms with Gasteiger partial charge in [-0.2, -0.15) is 13.2 Å². The summed E-state index contributed by atoms with van der Waals surface area (Å²) in [4.78, 5) is 40.5. The standard InChI is InChI=1S/C22H25F3N2O4/c1-14-17(21(30)31)5-4-12-26(14)20(29)18(27-11-3-2-6-19(27)28)13-15-7-9-16(10-8-15)22(23,24)25/h2,6-10,14,17-18H,3-5,11-13H2,1H3,(H,30,31)/t14-,17-,18+/m1/s1. The Morgan fingerprint density at radius 1 is 1.19 bits per heavy atom. The maximum Gasteiger partial charge on any atom is 0.416 e. The van der Waals surface area contributed by atoms with Gasteiger partial charge in [0.1, 0.15) is 6.04 Å². The first kappa shape index (κ1) is 22.8. The summed E-state index contributed by atoms with van der Waals surface area (Å²) in [7, 11) is 0. The number of amides is 2. The van der Waals surface area contributed by atoms with Crippen molar-refractivity contribution in [2.24, 2.45) is 5.92 Å². The lowest BCUT2D eigenvalue weighted by Gasteiger charge is -2.42. The molecular formula is C22H25F3N2O4. The van der Waals surface area contributed by atoms with Crippen molar-refractivity contribution < 1.29 is 32.7 Å². The molecule has 6 nitrogen and oxygen atoms in total. The lowest BCUT2D eigenvalue weighted by Crippen LogP contribution is -2.57. The van der Waals surface area contributed by atoms with Crippen LogP contribution in [0.3, 0.4) is 0 Å². The summed E-state index contributed by atoms with van der Waals surface area (Å²) in [6.07, 6.45) is 0.256. The van der Waals surface area contributed by atoms with Crippen LogP contribution in [-0.2, 0) is 27.0 Å². The van der Waals surface area contributed by atoms with Crippen LogP contribution in [0.1, 0.15) is 37.3 Å². The third kappa shape index (κ3) is 5.08. The van der Waals surface area contributed by atoms with Crippen LogP contribution >= 0.6 is 0 Å². The highest BCUT2D eigenvalue weighted by molar-refractivity contribution is 5.94. The van der Waals surface area contributed by atoms with Crippen LogP contribution in [0.5, 0.6) is 0 Å². The highest BCUT2D eigenvalue weighted by Gasteiger charge is 2.40. The first-order valence-electron chi connectivity index (χ1n) is 10.3. The second-order valence-electron chi connectivity index (χ2n) is 8.00. The molecule has 0 bridgehead atoms. The molecule has 1 aromatic carbocycles. The van der Waals surface area contributed by atoms with Crippen molar-refractivity contribution in [1.29, 1.82) is 0 Å². The fourth-order valence-corrected chi connectivity index (χ4v) is 4.27. The number of likely N-dealkylation sites (tertiary alicyclic amines) is 1. The number of hydrogen-bond donors (Lipinski definition) is 1. The Balaban J connectivity index is 1.88. The van der Waals surface area contributed by atoms with Crippen molar-refractivity contribution >= 4 is 17.8 Å². The van der Waals surface area contributed by atoms with E-state index in [0.717, 1.165) is 12.1 Å². The molecule has 3 rings (SSSR count). The van der Waals surface area contributed by atoms with Gasteiger partial charge < -0.3 is 14.9 Å². The molecule has 0 radical (unpaired) electrons. The highest BCUT2D eigenvalue weighted by atomic mass is 19.4. The van der Waals surface area contributed by atoms with E-state index in [-0.39, 0.29) is 18.2 Å². The van der Waals surface area contributed by atoms with Gasteiger partial charge in [0.05, 0.1) is 11.5 Å². The molecule has 168 valence electrons. The van der Waals surface area contributed by atoms with Crippen LogP contribution in [0.2, 0.25) is 0 Å². The maximum absolute atomic E-state index is 13.5. The fraction of sp³-hybridized carbons (Fsp3) is 0.500. The number of carbonyl (C=O) groups excluding carboxylic acids is 2. The highest BCUT2D eigenvalue weighted by Crippen LogP contribution is 2.30. The molecule has 0 saturated carbocycles. The molecule has 1 saturated heterocycles. The molecule has 2 heterocycles. The molecule has 0 aromatic heterocycles. The minimum absolute atomic E-state index is 0.0531. The lowest BCUT2D eigenvalue weighted by molar-refractivity contribution is -0.153. The van der Waals surface area contributed by atoms with Crippen LogP contribution in [0.4, 0.5) is 13.2 Å². The average Bonchev–Trinajstić information content (AvgIpc) is 2.72. The van der Waals surface area contributed by atoms with E-state index in [2.05, 4.69) is 0 Å². The molecular weight excluding hydrogens is 413 g/mol. The summed E-state index contributed by atoms with van der Waals surface area (Å²) in [6.45, 7) is 2.38. The Bertz CT molecular complexity index is 867. The third-order valence-electron chi connectivity index (χ3n) is 6.04. The Labute approximate surface area is 178 Å². The number of halogens is 3. The van der Waals surface area contributed by atoms with Crippen molar-refractivity contribution in [2.75, 3.05) is 13.1 Å². The summed E-state index contributed by atoms with van der Waals surface area (Å²) >= 11 is 0. The number of carboxylic acid groups (broad SMARTS) is 1. The number of rotatable bonds is 5. The van der Waals surface area contributed by atoms with Gasteiger partial charge in [-0.25, -0.2) is 0 Å². The zero-order valence-electron chi connectivity index (χ0n) is 17.1. The van der Waals surface area contributed by atoms with Gasteiger partial charge in [-0.1, -0.05) is 18.2 Å². The second-order valence-corrected chi connectivity index (χ2v) is 8.00. The Kier molecular flexibility index (Phi) is 6.71. The third-order valence-corrected chi connectivity index (χ3v) is 6.04. The molecule has 0 aliphatic carbocycles. The zero-order valence-corrected chi connectivity index (χ0v) is 17.1. The van der Waals surface area contributed by atoms with E-state index in [1.165, 1.54) is 28.0 Å². The topological polar surface area (TPSA) is 77.9 Å². The molecule has 2 aliphatic heterocycles. The van der Waals surface area contributed by atoms with Gasteiger partial charge in [0.15, 0.2) is 0 Å². The van der Waals surface area contributed by atoms with E-state index in [1.54, 1.807) is 13.0 Å². The average molecular weight is 438 g/mol. The van der Waals surface area contributed by atoms with Gasteiger partial charge in [0.25, 0.3) is 0 Å². The number of alkyl halides is 3. The van der Waals surface area contributed by atoms with Gasteiger partial charge in [-0.05, 0) is 50.0 Å². The van der Waals surface area contributed by atoms with Crippen LogP contribution in [0, 0.1) is 5.92 Å². The first-order valence-corrected chi connectivity index (χ1v) is 10.3. The van der Waals surface area contributed by atoms with Crippen molar-refractivity contribution in [3.05, 3.63) is 47.5 Å². The Morgan fingerprint density at radius 3 is 2.45 bits per heavy atom. The van der Waals surface area contributed by atoms with Crippen LogP contribution in [0.25, 0.3) is 0 Å². The predicted octanol–water partition coefficient (Wildman–Crippen LogP) is 3.12. The number of aliphatic carboxylic acids is 1. The van der Waals surface area contributed by atoms with Crippen LogP contribution in [-0.4, -0.2) is 57.9 Å². The van der Waals surface area contributed by atoms with Crippen molar-refractivity contribution in [1.82, 2.24) is 9.80 Å². The summed E-state index contributed by atoms with van der Waals surface area (Å²) in [6, 6.07) is 3.09. The van der Waals surface area contributed by atoms with Crippen LogP contribution < -0.4 is 0 Å². The molecule has 9 heteroatoms. The summed E-state index contributed by atoms with van der Waals surface area (Å²) in [5.41, 5.74) is -0.293. The summed E-state index contributed by atoms with van der Waals surface area (Å²) in [5, 5.41) is 9.46. The van der Waals surface area contributed by atoms with Gasteiger partial charge in [-0.15, -0.1) is 0 Å². The molecule has 0 unspecified atom stereocenters. The van der Waals surface area contributed by atoms with E-state index >= 15 is 0 Å². The molecule has 1 fully saturated rings. The van der Waals surface area contributed by atoms with Crippen LogP contribution in [0.15, 0.2) is 36.4 Å². The largest absolute Gasteiger partial charge is 0.481 e. The number of carbonyl (C=O) groups is 3. The normalized spacial score (nSPS) is 23.0. The van der Waals surface area contributed by atoms with E-state index in [4.69, 9.17) is 0 Å².